The largest absolute Gasteiger partial charge is 0.298 e. The quantitative estimate of drug-likeness (QED) is 0.763. The minimum Gasteiger partial charge on any atom is -0.298 e. The number of halogens is 1. The van der Waals surface area contributed by atoms with E-state index < -0.39 is 0 Å². The normalized spacial score (nSPS) is 20.6. The van der Waals surface area contributed by atoms with Gasteiger partial charge in [-0.3, -0.25) is 4.90 Å². The molecular weight excluding hydrogens is 282 g/mol. The van der Waals surface area contributed by atoms with E-state index in [4.69, 9.17) is 0 Å². The van der Waals surface area contributed by atoms with E-state index in [-0.39, 0.29) is 0 Å². The fourth-order valence-corrected chi connectivity index (χ4v) is 3.69. The monoisotopic (exact) mass is 299 g/mol. The van der Waals surface area contributed by atoms with Crippen LogP contribution in [0, 0.1) is 11.8 Å². The highest BCUT2D eigenvalue weighted by Crippen LogP contribution is 2.35. The zero-order chi connectivity index (χ0) is 11.0. The lowest BCUT2D eigenvalue weighted by atomic mass is 10.3. The molecule has 3 rings (SSSR count). The van der Waals surface area contributed by atoms with Gasteiger partial charge in [0.2, 0.25) is 0 Å². The van der Waals surface area contributed by atoms with Crippen LogP contribution in [-0.2, 0) is 6.54 Å². The minimum absolute atomic E-state index is 1.01. The van der Waals surface area contributed by atoms with Crippen LogP contribution in [0.4, 0.5) is 0 Å². The number of thiophene rings is 1. The molecule has 0 atom stereocenters. The van der Waals surface area contributed by atoms with Crippen LogP contribution in [0.2, 0.25) is 0 Å². The van der Waals surface area contributed by atoms with Crippen molar-refractivity contribution in [2.75, 3.05) is 13.1 Å². The van der Waals surface area contributed by atoms with Crippen molar-refractivity contribution >= 4 is 27.3 Å². The van der Waals surface area contributed by atoms with Gasteiger partial charge in [0.1, 0.15) is 0 Å². The van der Waals surface area contributed by atoms with Crippen molar-refractivity contribution in [1.82, 2.24) is 4.90 Å². The second kappa shape index (κ2) is 4.79. The number of rotatable bonds is 6. The van der Waals surface area contributed by atoms with Gasteiger partial charge in [0, 0.05) is 29.0 Å². The van der Waals surface area contributed by atoms with Crippen LogP contribution in [0.25, 0.3) is 0 Å². The Hall–Kier alpha value is 0.140. The third kappa shape index (κ3) is 3.08. The maximum Gasteiger partial charge on any atom is 0.0339 e. The van der Waals surface area contributed by atoms with Crippen molar-refractivity contribution in [1.29, 1.82) is 0 Å². The maximum absolute atomic E-state index is 3.64. The summed E-state index contributed by atoms with van der Waals surface area (Å²) in [6, 6.07) is 2.17. The van der Waals surface area contributed by atoms with Crippen LogP contribution in [0.1, 0.15) is 30.6 Å². The molecule has 0 spiro atoms. The minimum atomic E-state index is 1.01. The topological polar surface area (TPSA) is 3.24 Å². The Kier molecular flexibility index (Phi) is 3.37. The molecule has 1 aromatic rings. The summed E-state index contributed by atoms with van der Waals surface area (Å²) in [6.45, 7) is 3.83. The SMILES string of the molecule is Brc1ccsc1CN(CC1CC1)CC1CC1. The van der Waals surface area contributed by atoms with Crippen molar-refractivity contribution < 1.29 is 0 Å². The Bertz CT molecular complexity index is 341. The van der Waals surface area contributed by atoms with E-state index in [1.165, 1.54) is 48.1 Å². The van der Waals surface area contributed by atoms with E-state index in [1.54, 1.807) is 0 Å². The standard InChI is InChI=1S/C13H18BrNS/c14-12-5-6-16-13(12)9-15(7-10-1-2-10)8-11-3-4-11/h5-6,10-11H,1-4,7-9H2. The summed E-state index contributed by atoms with van der Waals surface area (Å²) in [4.78, 5) is 4.19. The first-order valence-corrected chi connectivity index (χ1v) is 7.93. The average molecular weight is 300 g/mol. The smallest absolute Gasteiger partial charge is 0.0339 e. The van der Waals surface area contributed by atoms with E-state index >= 15 is 0 Å². The van der Waals surface area contributed by atoms with Gasteiger partial charge in [-0.2, -0.15) is 0 Å². The lowest BCUT2D eigenvalue weighted by Crippen LogP contribution is -2.27. The first-order valence-electron chi connectivity index (χ1n) is 6.25. The Morgan fingerprint density at radius 3 is 2.25 bits per heavy atom. The predicted octanol–water partition coefficient (Wildman–Crippen LogP) is 4.13. The lowest BCUT2D eigenvalue weighted by molar-refractivity contribution is 0.246. The zero-order valence-electron chi connectivity index (χ0n) is 9.49. The Balaban J connectivity index is 1.59. The molecule has 16 heavy (non-hydrogen) atoms. The first kappa shape index (κ1) is 11.2. The van der Waals surface area contributed by atoms with Crippen LogP contribution in [0.3, 0.4) is 0 Å². The number of hydrogen-bond donors (Lipinski definition) is 0. The summed E-state index contributed by atoms with van der Waals surface area (Å²) in [7, 11) is 0. The highest BCUT2D eigenvalue weighted by Gasteiger charge is 2.29. The van der Waals surface area contributed by atoms with Crippen LogP contribution in [-0.4, -0.2) is 18.0 Å². The third-order valence-corrected chi connectivity index (χ3v) is 5.40. The third-order valence-electron chi connectivity index (χ3n) is 3.48. The van der Waals surface area contributed by atoms with Gasteiger partial charge >= 0.3 is 0 Å². The van der Waals surface area contributed by atoms with Crippen molar-refractivity contribution in [2.45, 2.75) is 32.2 Å². The first-order chi connectivity index (χ1) is 7.81. The predicted molar refractivity (Wildman–Crippen MR) is 72.7 cm³/mol. The molecule has 0 radical (unpaired) electrons. The molecule has 88 valence electrons. The Morgan fingerprint density at radius 1 is 1.19 bits per heavy atom. The molecular formula is C13H18BrNS. The van der Waals surface area contributed by atoms with Gasteiger partial charge in [-0.05, 0) is 64.9 Å². The van der Waals surface area contributed by atoms with Crippen LogP contribution in [0.15, 0.2) is 15.9 Å². The molecule has 2 aliphatic rings. The van der Waals surface area contributed by atoms with E-state index in [9.17, 15) is 0 Å². The van der Waals surface area contributed by atoms with E-state index in [2.05, 4.69) is 32.3 Å². The molecule has 2 saturated carbocycles. The average Bonchev–Trinajstić information content (AvgIpc) is 3.14. The lowest BCUT2D eigenvalue weighted by Gasteiger charge is -2.21. The molecule has 0 N–H and O–H groups in total. The number of nitrogens with zero attached hydrogens (tertiary/aromatic N) is 1. The van der Waals surface area contributed by atoms with E-state index in [0.717, 1.165) is 18.4 Å². The molecule has 2 fully saturated rings. The molecule has 0 aliphatic heterocycles. The van der Waals surface area contributed by atoms with E-state index in [1.807, 2.05) is 11.3 Å². The van der Waals surface area contributed by atoms with Gasteiger partial charge < -0.3 is 0 Å². The van der Waals surface area contributed by atoms with Crippen molar-refractivity contribution in [2.24, 2.45) is 11.8 Å². The summed E-state index contributed by atoms with van der Waals surface area (Å²) in [5.41, 5.74) is 0. The van der Waals surface area contributed by atoms with Gasteiger partial charge in [-0.15, -0.1) is 11.3 Å². The second-order valence-electron chi connectivity index (χ2n) is 5.27. The van der Waals surface area contributed by atoms with Gasteiger partial charge in [0.25, 0.3) is 0 Å². The van der Waals surface area contributed by atoms with Crippen LogP contribution >= 0.6 is 27.3 Å². The van der Waals surface area contributed by atoms with Crippen molar-refractivity contribution in [3.63, 3.8) is 0 Å². The highest BCUT2D eigenvalue weighted by atomic mass is 79.9. The molecule has 0 saturated heterocycles. The fraction of sp³-hybridized carbons (Fsp3) is 0.692. The van der Waals surface area contributed by atoms with E-state index in [0.29, 0.717) is 0 Å². The molecule has 0 aromatic carbocycles. The Morgan fingerprint density at radius 2 is 1.81 bits per heavy atom. The molecule has 3 heteroatoms. The Labute approximate surface area is 110 Å². The van der Waals surface area contributed by atoms with Gasteiger partial charge in [-0.25, -0.2) is 0 Å². The summed E-state index contributed by atoms with van der Waals surface area (Å²) in [5, 5.41) is 2.19. The van der Waals surface area contributed by atoms with Crippen LogP contribution in [0.5, 0.6) is 0 Å². The summed E-state index contributed by atoms with van der Waals surface area (Å²) in [5.74, 6) is 2.02. The highest BCUT2D eigenvalue weighted by molar-refractivity contribution is 9.10. The summed E-state index contributed by atoms with van der Waals surface area (Å²) >= 11 is 5.53. The molecule has 1 aromatic heterocycles. The summed E-state index contributed by atoms with van der Waals surface area (Å²) in [6.07, 6.45) is 5.86. The molecule has 1 nitrogen and oxygen atoms in total. The molecule has 2 aliphatic carbocycles. The van der Waals surface area contributed by atoms with Crippen molar-refractivity contribution in [3.8, 4) is 0 Å². The molecule has 0 unspecified atom stereocenters. The van der Waals surface area contributed by atoms with Gasteiger partial charge in [0.05, 0.1) is 0 Å². The molecule has 1 heterocycles. The van der Waals surface area contributed by atoms with Gasteiger partial charge in [0.15, 0.2) is 0 Å². The van der Waals surface area contributed by atoms with Gasteiger partial charge in [-0.1, -0.05) is 0 Å². The maximum atomic E-state index is 3.64. The van der Waals surface area contributed by atoms with Crippen LogP contribution < -0.4 is 0 Å². The fourth-order valence-electron chi connectivity index (χ4n) is 2.18. The summed E-state index contributed by atoms with van der Waals surface area (Å²) < 4.78 is 1.30. The second-order valence-corrected chi connectivity index (χ2v) is 7.13. The number of hydrogen-bond acceptors (Lipinski definition) is 2. The molecule has 0 amide bonds. The van der Waals surface area contributed by atoms with Crippen molar-refractivity contribution in [3.05, 3.63) is 20.8 Å². The molecule has 0 bridgehead atoms. The zero-order valence-corrected chi connectivity index (χ0v) is 11.9.